The van der Waals surface area contributed by atoms with Crippen LogP contribution in [0.5, 0.6) is 0 Å². The van der Waals surface area contributed by atoms with Crippen molar-refractivity contribution in [3.8, 4) is 11.3 Å². The third-order valence-electron chi connectivity index (χ3n) is 4.39. The van der Waals surface area contributed by atoms with Gasteiger partial charge in [-0.25, -0.2) is 0 Å². The summed E-state index contributed by atoms with van der Waals surface area (Å²) in [4.78, 5) is 6.51. The fourth-order valence-electron chi connectivity index (χ4n) is 3.10. The molecule has 3 aromatic rings. The summed E-state index contributed by atoms with van der Waals surface area (Å²) in [5.74, 6) is 1.71. The van der Waals surface area contributed by atoms with Crippen molar-refractivity contribution in [1.29, 1.82) is 0 Å². The zero-order valence-electron chi connectivity index (χ0n) is 13.5. The van der Waals surface area contributed by atoms with Crippen LogP contribution in [0.2, 0.25) is 0 Å². The molecular weight excluding hydrogens is 398 g/mol. The maximum atomic E-state index is 6.18. The third-order valence-corrected chi connectivity index (χ3v) is 5.32. The highest BCUT2D eigenvalue weighted by molar-refractivity contribution is 9.10. The Hall–Kier alpha value is -2.18. The smallest absolute Gasteiger partial charge is 0.170 e. The molecule has 6 heteroatoms. The van der Waals surface area contributed by atoms with Gasteiger partial charge in [0.25, 0.3) is 0 Å². The molecule has 1 aliphatic rings. The van der Waals surface area contributed by atoms with Crippen LogP contribution < -0.4 is 5.32 Å². The zero-order valence-corrected chi connectivity index (χ0v) is 15.9. The second kappa shape index (κ2) is 6.61. The fraction of sp³-hybridized carbons (Fsp3) is 0.158. The van der Waals surface area contributed by atoms with Gasteiger partial charge in [0, 0.05) is 23.3 Å². The highest BCUT2D eigenvalue weighted by Crippen LogP contribution is 2.39. The molecule has 1 aliphatic heterocycles. The van der Waals surface area contributed by atoms with Crippen LogP contribution in [0.1, 0.15) is 23.5 Å². The second-order valence-electron chi connectivity index (χ2n) is 5.95. The molecule has 0 spiro atoms. The summed E-state index contributed by atoms with van der Waals surface area (Å²) >= 11 is 8.91. The zero-order chi connectivity index (χ0) is 17.4. The maximum absolute atomic E-state index is 6.18. The van der Waals surface area contributed by atoms with Crippen LogP contribution in [0, 0.1) is 0 Å². The van der Waals surface area contributed by atoms with Gasteiger partial charge in [-0.05, 0) is 48.6 Å². The molecule has 4 nitrogen and oxygen atoms in total. The molecule has 2 aromatic heterocycles. The lowest BCUT2D eigenvalue weighted by molar-refractivity contribution is 0.310. The van der Waals surface area contributed by atoms with E-state index in [0.717, 1.165) is 27.3 Å². The van der Waals surface area contributed by atoms with Gasteiger partial charge in [-0.1, -0.05) is 34.1 Å². The third kappa shape index (κ3) is 3.07. The first-order valence-electron chi connectivity index (χ1n) is 7.93. The first-order chi connectivity index (χ1) is 12.1. The number of nitrogens with zero attached hydrogens (tertiary/aromatic N) is 2. The Morgan fingerprint density at radius 2 is 1.92 bits per heavy atom. The van der Waals surface area contributed by atoms with Crippen LogP contribution in [0.4, 0.5) is 0 Å². The van der Waals surface area contributed by atoms with E-state index < -0.39 is 0 Å². The molecule has 0 saturated carbocycles. The van der Waals surface area contributed by atoms with Crippen molar-refractivity contribution < 1.29 is 4.42 Å². The molecule has 1 saturated heterocycles. The van der Waals surface area contributed by atoms with Crippen molar-refractivity contribution in [3.63, 3.8) is 0 Å². The topological polar surface area (TPSA) is 41.3 Å². The maximum Gasteiger partial charge on any atom is 0.170 e. The van der Waals surface area contributed by atoms with Crippen molar-refractivity contribution in [2.24, 2.45) is 0 Å². The van der Waals surface area contributed by atoms with Gasteiger partial charge in [0.05, 0.1) is 11.7 Å². The minimum Gasteiger partial charge on any atom is -0.459 e. The summed E-state index contributed by atoms with van der Waals surface area (Å²) in [5, 5.41) is 4.05. The first kappa shape index (κ1) is 16.3. The molecule has 4 rings (SSSR count). The number of likely N-dealkylation sites (N-methyl/N-ethyl adjacent to an activating group) is 1. The number of nitrogens with one attached hydrogen (secondary N) is 1. The van der Waals surface area contributed by atoms with Gasteiger partial charge in [0.15, 0.2) is 5.11 Å². The number of aromatic nitrogens is 1. The van der Waals surface area contributed by atoms with Crippen LogP contribution in [-0.2, 0) is 0 Å². The van der Waals surface area contributed by atoms with Crippen molar-refractivity contribution in [2.75, 3.05) is 7.05 Å². The highest BCUT2D eigenvalue weighted by atomic mass is 79.9. The lowest BCUT2D eigenvalue weighted by atomic mass is 10.0. The average Bonchev–Trinajstić information content (AvgIpc) is 3.22. The summed E-state index contributed by atoms with van der Waals surface area (Å²) in [5.41, 5.74) is 1.99. The van der Waals surface area contributed by atoms with Crippen molar-refractivity contribution in [1.82, 2.24) is 15.2 Å². The monoisotopic (exact) mass is 413 g/mol. The largest absolute Gasteiger partial charge is 0.459 e. The molecule has 0 radical (unpaired) electrons. The van der Waals surface area contributed by atoms with E-state index in [-0.39, 0.29) is 12.1 Å². The molecule has 126 valence electrons. The number of hydrogen-bond acceptors (Lipinski definition) is 3. The predicted octanol–water partition coefficient (Wildman–Crippen LogP) is 4.71. The molecule has 1 aromatic carbocycles. The van der Waals surface area contributed by atoms with Crippen molar-refractivity contribution in [3.05, 3.63) is 76.7 Å². The second-order valence-corrected chi connectivity index (χ2v) is 7.25. The molecule has 3 heterocycles. The number of furan rings is 1. The molecule has 1 fully saturated rings. The van der Waals surface area contributed by atoms with Crippen LogP contribution in [-0.4, -0.2) is 22.0 Å². The van der Waals surface area contributed by atoms with Gasteiger partial charge >= 0.3 is 0 Å². The minimum absolute atomic E-state index is 0.0356. The molecule has 0 unspecified atom stereocenters. The Balaban J connectivity index is 1.69. The summed E-state index contributed by atoms with van der Waals surface area (Å²) < 4.78 is 7.22. The van der Waals surface area contributed by atoms with Crippen LogP contribution in [0.25, 0.3) is 11.3 Å². The SMILES string of the molecule is CN1C(=S)N[C@H](c2ccccn2)[C@@H]1c1ccc(-c2ccc(Br)cc2)o1. The van der Waals surface area contributed by atoms with Crippen LogP contribution in [0.3, 0.4) is 0 Å². The normalized spacial score (nSPS) is 19.9. The van der Waals surface area contributed by atoms with E-state index in [9.17, 15) is 0 Å². The molecule has 2 atom stereocenters. The average molecular weight is 414 g/mol. The van der Waals surface area contributed by atoms with Crippen molar-refractivity contribution >= 4 is 33.3 Å². The number of rotatable bonds is 3. The lowest BCUT2D eigenvalue weighted by Gasteiger charge is -2.21. The Labute approximate surface area is 160 Å². The first-order valence-corrected chi connectivity index (χ1v) is 9.13. The van der Waals surface area contributed by atoms with E-state index >= 15 is 0 Å². The van der Waals surface area contributed by atoms with E-state index in [0.29, 0.717) is 5.11 Å². The number of pyridine rings is 1. The van der Waals surface area contributed by atoms with E-state index in [2.05, 4.69) is 26.2 Å². The van der Waals surface area contributed by atoms with Gasteiger partial charge < -0.3 is 14.6 Å². The predicted molar refractivity (Wildman–Crippen MR) is 105 cm³/mol. The van der Waals surface area contributed by atoms with Crippen LogP contribution in [0.15, 0.2) is 69.7 Å². The Bertz CT molecular complexity index is 895. The van der Waals surface area contributed by atoms with Crippen molar-refractivity contribution in [2.45, 2.75) is 12.1 Å². The fourth-order valence-corrected chi connectivity index (χ4v) is 3.60. The van der Waals surface area contributed by atoms with Gasteiger partial charge in [-0.15, -0.1) is 0 Å². The van der Waals surface area contributed by atoms with Gasteiger partial charge in [0.1, 0.15) is 17.6 Å². The lowest BCUT2D eigenvalue weighted by Crippen LogP contribution is -2.24. The highest BCUT2D eigenvalue weighted by Gasteiger charge is 2.39. The molecule has 0 bridgehead atoms. The molecule has 0 aliphatic carbocycles. The Morgan fingerprint density at radius 1 is 1.12 bits per heavy atom. The van der Waals surface area contributed by atoms with E-state index in [1.54, 1.807) is 6.20 Å². The summed E-state index contributed by atoms with van der Waals surface area (Å²) in [7, 11) is 1.98. The van der Waals surface area contributed by atoms with Gasteiger partial charge in [-0.2, -0.15) is 0 Å². The summed E-state index contributed by atoms with van der Waals surface area (Å²) in [6.07, 6.45) is 1.80. The number of thiocarbonyl (C=S) groups is 1. The van der Waals surface area contributed by atoms with Gasteiger partial charge in [-0.3, -0.25) is 4.98 Å². The Morgan fingerprint density at radius 3 is 2.64 bits per heavy atom. The molecule has 1 N–H and O–H groups in total. The number of halogens is 1. The minimum atomic E-state index is -0.0392. The summed E-state index contributed by atoms with van der Waals surface area (Å²) in [6.45, 7) is 0. The number of benzene rings is 1. The Kier molecular flexibility index (Phi) is 4.31. The quantitative estimate of drug-likeness (QED) is 0.629. The van der Waals surface area contributed by atoms with E-state index in [1.165, 1.54) is 0 Å². The van der Waals surface area contributed by atoms with E-state index in [4.69, 9.17) is 16.6 Å². The standard InChI is InChI=1S/C19H16BrN3OS/c1-23-18(17(22-19(23)25)14-4-2-3-11-21-14)16-10-9-15(24-16)12-5-7-13(20)8-6-12/h2-11,17-18H,1H3,(H,22,25)/t17-,18+/m1/s1. The summed E-state index contributed by atoms with van der Waals surface area (Å²) in [6, 6.07) is 17.9. The molecule has 25 heavy (non-hydrogen) atoms. The molecular formula is C19H16BrN3OS. The van der Waals surface area contributed by atoms with Gasteiger partial charge in [0.2, 0.25) is 0 Å². The van der Waals surface area contributed by atoms with Crippen LogP contribution >= 0.6 is 28.1 Å². The molecule has 0 amide bonds. The van der Waals surface area contributed by atoms with E-state index in [1.807, 2.05) is 66.5 Å². The number of hydrogen-bond donors (Lipinski definition) is 1.